The second-order valence-corrected chi connectivity index (χ2v) is 4.25. The molecule has 0 aromatic carbocycles. The smallest absolute Gasteiger partial charge is 0.331 e. The first-order valence-electron chi connectivity index (χ1n) is 6.19. The minimum absolute atomic E-state index is 0.516. The number of carboxylic acids is 1. The van der Waals surface area contributed by atoms with E-state index in [4.69, 9.17) is 5.11 Å². The Labute approximate surface area is 99.1 Å². The first-order chi connectivity index (χ1) is 7.54. The Morgan fingerprint density at radius 2 is 2.00 bits per heavy atom. The lowest BCUT2D eigenvalue weighted by atomic mass is 10.1. The van der Waals surface area contributed by atoms with Crippen LogP contribution < -0.4 is 0 Å². The second kappa shape index (κ2) is 8.34. The number of aliphatic carboxylic acids is 1. The summed E-state index contributed by atoms with van der Waals surface area (Å²) in [6.07, 6.45) is 3.60. The third-order valence-electron chi connectivity index (χ3n) is 2.97. The van der Waals surface area contributed by atoms with Gasteiger partial charge in [-0.15, -0.1) is 0 Å². The van der Waals surface area contributed by atoms with Crippen LogP contribution >= 0.6 is 0 Å². The molecule has 16 heavy (non-hydrogen) atoms. The molecule has 0 rings (SSSR count). The average Bonchev–Trinajstić information content (AvgIpc) is 2.27. The van der Waals surface area contributed by atoms with E-state index in [1.807, 2.05) is 13.0 Å². The van der Waals surface area contributed by atoms with Crippen molar-refractivity contribution in [3.8, 4) is 0 Å². The molecule has 0 saturated carbocycles. The van der Waals surface area contributed by atoms with Crippen molar-refractivity contribution in [2.75, 3.05) is 19.6 Å². The molecule has 0 aliphatic heterocycles. The van der Waals surface area contributed by atoms with E-state index in [2.05, 4.69) is 25.7 Å². The zero-order valence-corrected chi connectivity index (χ0v) is 11.0. The van der Waals surface area contributed by atoms with E-state index in [0.29, 0.717) is 17.9 Å². The second-order valence-electron chi connectivity index (χ2n) is 4.25. The van der Waals surface area contributed by atoms with E-state index < -0.39 is 5.97 Å². The summed E-state index contributed by atoms with van der Waals surface area (Å²) < 4.78 is 0. The predicted octanol–water partition coefficient (Wildman–Crippen LogP) is 2.78. The minimum Gasteiger partial charge on any atom is -0.478 e. The van der Waals surface area contributed by atoms with Gasteiger partial charge in [0.1, 0.15) is 0 Å². The highest BCUT2D eigenvalue weighted by molar-refractivity contribution is 5.86. The van der Waals surface area contributed by atoms with Crippen LogP contribution in [0.1, 0.15) is 40.5 Å². The lowest BCUT2D eigenvalue weighted by Crippen LogP contribution is -2.28. The van der Waals surface area contributed by atoms with Crippen molar-refractivity contribution in [3.63, 3.8) is 0 Å². The van der Waals surface area contributed by atoms with Crippen molar-refractivity contribution in [2.24, 2.45) is 5.92 Å². The van der Waals surface area contributed by atoms with Crippen LogP contribution in [-0.2, 0) is 4.79 Å². The van der Waals surface area contributed by atoms with Crippen LogP contribution in [0.2, 0.25) is 0 Å². The molecule has 0 bridgehead atoms. The van der Waals surface area contributed by atoms with Gasteiger partial charge in [0.05, 0.1) is 0 Å². The molecule has 94 valence electrons. The van der Waals surface area contributed by atoms with Gasteiger partial charge in [0, 0.05) is 18.7 Å². The van der Waals surface area contributed by atoms with Gasteiger partial charge in [-0.1, -0.05) is 40.2 Å². The highest BCUT2D eigenvalue weighted by Crippen LogP contribution is 2.06. The molecule has 0 radical (unpaired) electrons. The molecular formula is C13H25NO2. The normalized spacial score (nSPS) is 14.2. The lowest BCUT2D eigenvalue weighted by molar-refractivity contribution is -0.132. The summed E-state index contributed by atoms with van der Waals surface area (Å²) in [5.41, 5.74) is 0.516. The van der Waals surface area contributed by atoms with Gasteiger partial charge in [-0.05, 0) is 18.9 Å². The molecule has 0 heterocycles. The number of hydrogen-bond donors (Lipinski definition) is 1. The summed E-state index contributed by atoms with van der Waals surface area (Å²) in [4.78, 5) is 13.1. The fourth-order valence-corrected chi connectivity index (χ4v) is 1.52. The van der Waals surface area contributed by atoms with E-state index >= 15 is 0 Å². The summed E-state index contributed by atoms with van der Waals surface area (Å²) in [5.74, 6) is -0.120. The summed E-state index contributed by atoms with van der Waals surface area (Å²) in [7, 11) is 0. The average molecular weight is 227 g/mol. The van der Waals surface area contributed by atoms with E-state index in [1.165, 1.54) is 6.42 Å². The quantitative estimate of drug-likeness (QED) is 0.648. The van der Waals surface area contributed by atoms with Crippen molar-refractivity contribution < 1.29 is 9.90 Å². The van der Waals surface area contributed by atoms with Gasteiger partial charge >= 0.3 is 5.97 Å². The zero-order chi connectivity index (χ0) is 12.6. The third kappa shape index (κ3) is 5.91. The first kappa shape index (κ1) is 15.2. The minimum atomic E-state index is -0.790. The zero-order valence-electron chi connectivity index (χ0n) is 11.0. The molecule has 3 nitrogen and oxygen atoms in total. The lowest BCUT2D eigenvalue weighted by Gasteiger charge is -2.22. The molecule has 0 amide bonds. The van der Waals surface area contributed by atoms with Crippen molar-refractivity contribution in [3.05, 3.63) is 11.6 Å². The van der Waals surface area contributed by atoms with E-state index in [-0.39, 0.29) is 0 Å². The molecule has 1 N–H and O–H groups in total. The van der Waals surface area contributed by atoms with Crippen LogP contribution in [0.3, 0.4) is 0 Å². The number of carbonyl (C=O) groups is 1. The Morgan fingerprint density at radius 1 is 1.38 bits per heavy atom. The van der Waals surface area contributed by atoms with Gasteiger partial charge in [-0.25, -0.2) is 4.79 Å². The molecular weight excluding hydrogens is 202 g/mol. The van der Waals surface area contributed by atoms with Gasteiger partial charge in [-0.3, -0.25) is 4.90 Å². The molecule has 0 aliphatic carbocycles. The molecule has 0 fully saturated rings. The van der Waals surface area contributed by atoms with Crippen molar-refractivity contribution in [2.45, 2.75) is 40.5 Å². The first-order valence-corrected chi connectivity index (χ1v) is 6.19. The molecule has 1 atom stereocenters. The fraction of sp³-hybridized carbons (Fsp3) is 0.769. The van der Waals surface area contributed by atoms with Crippen LogP contribution in [0.4, 0.5) is 0 Å². The number of carboxylic acid groups (broad SMARTS) is 1. The Balaban J connectivity index is 4.26. The number of hydrogen-bond acceptors (Lipinski definition) is 2. The maximum Gasteiger partial charge on any atom is 0.331 e. The highest BCUT2D eigenvalue weighted by Gasteiger charge is 2.08. The van der Waals surface area contributed by atoms with Crippen LogP contribution in [0.5, 0.6) is 0 Å². The van der Waals surface area contributed by atoms with Gasteiger partial charge in [0.15, 0.2) is 0 Å². The third-order valence-corrected chi connectivity index (χ3v) is 2.97. The van der Waals surface area contributed by atoms with Crippen LogP contribution in [0, 0.1) is 5.92 Å². The maximum atomic E-state index is 10.8. The van der Waals surface area contributed by atoms with Gasteiger partial charge < -0.3 is 5.11 Å². The Kier molecular flexibility index (Phi) is 7.90. The van der Waals surface area contributed by atoms with Crippen LogP contribution in [0.15, 0.2) is 11.6 Å². The van der Waals surface area contributed by atoms with Crippen molar-refractivity contribution >= 4 is 5.97 Å². The largest absolute Gasteiger partial charge is 0.478 e. The highest BCUT2D eigenvalue weighted by atomic mass is 16.4. The molecule has 0 saturated heterocycles. The standard InChI is InChI=1S/C13H25NO2/c1-5-11(4)10-14(7-3)9-8-12(6-2)13(15)16/h8,11H,5-7,9-10H2,1-4H3,(H,15,16). The number of nitrogens with zero attached hydrogens (tertiary/aromatic N) is 1. The van der Waals surface area contributed by atoms with Crippen molar-refractivity contribution in [1.82, 2.24) is 4.90 Å². The number of likely N-dealkylation sites (N-methyl/N-ethyl adjacent to an activating group) is 1. The summed E-state index contributed by atoms with van der Waals surface area (Å²) in [5, 5.41) is 8.90. The molecule has 0 aromatic rings. The molecule has 1 unspecified atom stereocenters. The Hall–Kier alpha value is -0.830. The summed E-state index contributed by atoms with van der Waals surface area (Å²) in [6, 6.07) is 0. The molecule has 3 heteroatoms. The Morgan fingerprint density at radius 3 is 2.38 bits per heavy atom. The van der Waals surface area contributed by atoms with Gasteiger partial charge in [0.25, 0.3) is 0 Å². The van der Waals surface area contributed by atoms with E-state index in [0.717, 1.165) is 19.6 Å². The van der Waals surface area contributed by atoms with Gasteiger partial charge in [0.2, 0.25) is 0 Å². The summed E-state index contributed by atoms with van der Waals surface area (Å²) in [6.45, 7) is 11.2. The van der Waals surface area contributed by atoms with Crippen molar-refractivity contribution in [1.29, 1.82) is 0 Å². The Bertz CT molecular complexity index is 236. The monoisotopic (exact) mass is 227 g/mol. The molecule has 0 aromatic heterocycles. The molecule has 0 aliphatic rings. The van der Waals surface area contributed by atoms with Gasteiger partial charge in [-0.2, -0.15) is 0 Å². The number of rotatable bonds is 8. The topological polar surface area (TPSA) is 40.5 Å². The van der Waals surface area contributed by atoms with Crippen LogP contribution in [-0.4, -0.2) is 35.6 Å². The maximum absolute atomic E-state index is 10.8. The SMILES string of the molecule is CCC(=CCN(CC)CC(C)CC)C(=O)O. The van der Waals surface area contributed by atoms with E-state index in [9.17, 15) is 4.79 Å². The van der Waals surface area contributed by atoms with E-state index in [1.54, 1.807) is 0 Å². The predicted molar refractivity (Wildman–Crippen MR) is 67.6 cm³/mol. The molecule has 0 spiro atoms. The fourth-order valence-electron chi connectivity index (χ4n) is 1.52. The van der Waals surface area contributed by atoms with Crippen LogP contribution in [0.25, 0.3) is 0 Å². The summed E-state index contributed by atoms with van der Waals surface area (Å²) >= 11 is 0.